The maximum Gasteiger partial charge on any atom is 0.377 e. The van der Waals surface area contributed by atoms with E-state index in [1.54, 1.807) is 7.11 Å². The third kappa shape index (κ3) is 3.54. The van der Waals surface area contributed by atoms with Gasteiger partial charge in [-0.25, -0.2) is 0 Å². The third-order valence-electron chi connectivity index (χ3n) is 4.95. The van der Waals surface area contributed by atoms with Crippen molar-refractivity contribution in [3.8, 4) is 5.75 Å². The molecule has 0 amide bonds. The fraction of sp³-hybridized carbons (Fsp3) is 0.167. The minimum absolute atomic E-state index is 0.241. The number of benzene rings is 3. The molecule has 1 atom stereocenters. The van der Waals surface area contributed by atoms with Gasteiger partial charge < -0.3 is 9.47 Å². The lowest BCUT2D eigenvalue weighted by Crippen LogP contribution is -2.21. The van der Waals surface area contributed by atoms with Crippen LogP contribution in [0.15, 0.2) is 78.9 Å². The number of rotatable bonds is 5. The molecule has 1 N–H and O–H groups in total. The first kappa shape index (κ1) is 18.0. The van der Waals surface area contributed by atoms with Crippen LogP contribution in [-0.2, 0) is 11.3 Å². The van der Waals surface area contributed by atoms with Gasteiger partial charge in [-0.15, -0.1) is 0 Å². The molecule has 0 saturated heterocycles. The van der Waals surface area contributed by atoms with Crippen molar-refractivity contribution in [1.82, 2.24) is 0 Å². The van der Waals surface area contributed by atoms with Crippen LogP contribution in [0.2, 0.25) is 0 Å². The van der Waals surface area contributed by atoms with Gasteiger partial charge in [0, 0.05) is 11.1 Å². The summed E-state index contributed by atoms with van der Waals surface area (Å²) in [6, 6.07) is 26.1. The molecule has 3 aromatic carbocycles. The molecule has 0 saturated carbocycles. The van der Waals surface area contributed by atoms with Crippen LogP contribution < -0.4 is 4.74 Å². The van der Waals surface area contributed by atoms with E-state index in [-0.39, 0.29) is 11.9 Å². The van der Waals surface area contributed by atoms with E-state index in [1.165, 1.54) is 11.1 Å². The first-order valence-corrected chi connectivity index (χ1v) is 9.30. The van der Waals surface area contributed by atoms with E-state index in [0.717, 1.165) is 16.9 Å². The summed E-state index contributed by atoms with van der Waals surface area (Å²) in [7, 11) is 1.65. The Bertz CT molecular complexity index is 1010. The largest absolute Gasteiger partial charge is 0.497 e. The van der Waals surface area contributed by atoms with Gasteiger partial charge in [0.1, 0.15) is 5.75 Å². The predicted octanol–water partition coefficient (Wildman–Crippen LogP) is 4.71. The summed E-state index contributed by atoms with van der Waals surface area (Å²) in [6.45, 7) is 2.72. The zero-order valence-electron chi connectivity index (χ0n) is 16.1. The summed E-state index contributed by atoms with van der Waals surface area (Å²) in [6.07, 6.45) is 0. The number of ether oxygens (including phenoxy) is 2. The van der Waals surface area contributed by atoms with Gasteiger partial charge in [0.2, 0.25) is 0 Å². The molecule has 140 valence electrons. The summed E-state index contributed by atoms with van der Waals surface area (Å²) in [5.74, 6) is 1.73. The van der Waals surface area contributed by atoms with E-state index < -0.39 is 0 Å². The SMILES string of the molecule is COc1ccc(C2=[N+](Cc3ccccc3)C(c3ccc(C)cc3)C(=N)O2)cc1. The fourth-order valence-electron chi connectivity index (χ4n) is 3.46. The minimum Gasteiger partial charge on any atom is -0.497 e. The maximum absolute atomic E-state index is 8.54. The molecule has 0 aromatic heterocycles. The fourth-order valence-corrected chi connectivity index (χ4v) is 3.46. The van der Waals surface area contributed by atoms with Crippen molar-refractivity contribution in [3.05, 3.63) is 101 Å². The molecule has 0 spiro atoms. The van der Waals surface area contributed by atoms with Gasteiger partial charge in [-0.1, -0.05) is 60.2 Å². The molecular formula is C24H23N2O2+. The zero-order chi connectivity index (χ0) is 19.5. The Balaban J connectivity index is 1.81. The van der Waals surface area contributed by atoms with Crippen LogP contribution in [0.5, 0.6) is 5.75 Å². The van der Waals surface area contributed by atoms with Gasteiger partial charge in [0.05, 0.1) is 12.7 Å². The molecule has 1 unspecified atom stereocenters. The topological polar surface area (TPSA) is 45.3 Å². The highest BCUT2D eigenvalue weighted by Crippen LogP contribution is 2.29. The molecule has 0 bridgehead atoms. The van der Waals surface area contributed by atoms with Crippen molar-refractivity contribution in [2.75, 3.05) is 7.11 Å². The monoisotopic (exact) mass is 371 g/mol. The Morgan fingerprint density at radius 3 is 2.25 bits per heavy atom. The van der Waals surface area contributed by atoms with Crippen LogP contribution in [-0.4, -0.2) is 23.5 Å². The van der Waals surface area contributed by atoms with Crippen LogP contribution in [0, 0.1) is 12.3 Å². The van der Waals surface area contributed by atoms with Gasteiger partial charge in [-0.05, 0) is 31.2 Å². The summed E-state index contributed by atoms with van der Waals surface area (Å²) >= 11 is 0. The Hall–Kier alpha value is -3.40. The number of aryl methyl sites for hydroxylation is 1. The molecular weight excluding hydrogens is 348 g/mol. The molecule has 1 aliphatic heterocycles. The molecule has 4 heteroatoms. The average Bonchev–Trinajstić information content (AvgIpc) is 3.05. The summed E-state index contributed by atoms with van der Waals surface area (Å²) in [5.41, 5.74) is 4.35. The van der Waals surface area contributed by atoms with Crippen molar-refractivity contribution in [2.45, 2.75) is 19.5 Å². The van der Waals surface area contributed by atoms with Crippen LogP contribution in [0.25, 0.3) is 0 Å². The summed E-state index contributed by atoms with van der Waals surface area (Å²) in [5, 5.41) is 8.54. The molecule has 4 rings (SSSR count). The van der Waals surface area contributed by atoms with Gasteiger partial charge in [-0.2, -0.15) is 4.58 Å². The van der Waals surface area contributed by atoms with E-state index >= 15 is 0 Å². The van der Waals surface area contributed by atoms with Crippen LogP contribution in [0.4, 0.5) is 0 Å². The Kier molecular flexibility index (Phi) is 4.94. The molecule has 0 aliphatic carbocycles. The van der Waals surface area contributed by atoms with Crippen LogP contribution >= 0.6 is 0 Å². The number of nitrogens with zero attached hydrogens (tertiary/aromatic N) is 1. The highest BCUT2D eigenvalue weighted by molar-refractivity contribution is 6.02. The van der Waals surface area contributed by atoms with Gasteiger partial charge in [0.15, 0.2) is 6.54 Å². The lowest BCUT2D eigenvalue weighted by Gasteiger charge is -2.10. The molecule has 0 fully saturated rings. The highest BCUT2D eigenvalue weighted by Gasteiger charge is 2.42. The second-order valence-corrected chi connectivity index (χ2v) is 6.93. The smallest absolute Gasteiger partial charge is 0.377 e. The second kappa shape index (κ2) is 7.69. The normalized spacial score (nSPS) is 16.2. The molecule has 4 nitrogen and oxygen atoms in total. The first-order chi connectivity index (χ1) is 13.7. The van der Waals surface area contributed by atoms with Gasteiger partial charge in [0.25, 0.3) is 11.9 Å². The number of hydrogen-bond acceptors (Lipinski definition) is 3. The standard InChI is InChI=1S/C24H23N2O2/c1-17-8-10-19(11-9-17)22-23(25)28-24(20-12-14-21(27-2)15-13-20)26(22)16-18-6-4-3-5-7-18/h3-15,22,25H,16H2,1-2H3/q+1. The van der Waals surface area contributed by atoms with Gasteiger partial charge in [-0.3, -0.25) is 5.41 Å². The Labute approximate surface area is 165 Å². The number of methoxy groups -OCH3 is 1. The molecule has 28 heavy (non-hydrogen) atoms. The first-order valence-electron chi connectivity index (χ1n) is 9.30. The van der Waals surface area contributed by atoms with Crippen molar-refractivity contribution in [1.29, 1.82) is 5.41 Å². The van der Waals surface area contributed by atoms with E-state index in [1.807, 2.05) is 42.5 Å². The minimum atomic E-state index is -0.252. The second-order valence-electron chi connectivity index (χ2n) is 6.93. The van der Waals surface area contributed by atoms with Crippen LogP contribution in [0.3, 0.4) is 0 Å². The van der Waals surface area contributed by atoms with E-state index in [0.29, 0.717) is 12.4 Å². The van der Waals surface area contributed by atoms with Crippen molar-refractivity contribution < 1.29 is 14.0 Å². The maximum atomic E-state index is 8.54. The quantitative estimate of drug-likeness (QED) is 0.660. The van der Waals surface area contributed by atoms with Crippen molar-refractivity contribution >= 4 is 11.8 Å². The van der Waals surface area contributed by atoms with E-state index in [9.17, 15) is 0 Å². The molecule has 0 radical (unpaired) electrons. The Morgan fingerprint density at radius 2 is 1.61 bits per heavy atom. The lowest BCUT2D eigenvalue weighted by molar-refractivity contribution is -0.567. The zero-order valence-corrected chi connectivity index (χ0v) is 16.1. The van der Waals surface area contributed by atoms with Crippen LogP contribution in [0.1, 0.15) is 28.3 Å². The molecule has 1 aliphatic rings. The van der Waals surface area contributed by atoms with E-state index in [2.05, 4.69) is 47.9 Å². The average molecular weight is 371 g/mol. The highest BCUT2D eigenvalue weighted by atomic mass is 16.5. The number of hydrogen-bond donors (Lipinski definition) is 1. The molecule has 3 aromatic rings. The molecule has 1 heterocycles. The van der Waals surface area contributed by atoms with Gasteiger partial charge >= 0.3 is 5.90 Å². The van der Waals surface area contributed by atoms with Crippen molar-refractivity contribution in [2.24, 2.45) is 0 Å². The summed E-state index contributed by atoms with van der Waals surface area (Å²) < 4.78 is 13.4. The number of nitrogens with one attached hydrogen (secondary N) is 1. The summed E-state index contributed by atoms with van der Waals surface area (Å²) in [4.78, 5) is 0. The van der Waals surface area contributed by atoms with Crippen molar-refractivity contribution in [3.63, 3.8) is 0 Å². The predicted molar refractivity (Wildman–Crippen MR) is 110 cm³/mol. The Morgan fingerprint density at radius 1 is 0.929 bits per heavy atom. The van der Waals surface area contributed by atoms with E-state index in [4.69, 9.17) is 14.9 Å². The third-order valence-corrected chi connectivity index (χ3v) is 4.95. The lowest BCUT2D eigenvalue weighted by atomic mass is 10.0.